The standard InChI is InChI=1S/C16H23FN2.2ClH/c1-12(2)11-16(19-9-7-18-8-10-19)14-5-4-6-15(17)13(14)3;;/h4-6,16,18H,1,7-11H2,2-3H3;2*1H/t16-;;/m0../s1. The molecule has 1 saturated heterocycles. The molecule has 0 aromatic heterocycles. The molecule has 5 heteroatoms. The summed E-state index contributed by atoms with van der Waals surface area (Å²) < 4.78 is 13.8. The van der Waals surface area contributed by atoms with Crippen LogP contribution in [0.2, 0.25) is 0 Å². The highest BCUT2D eigenvalue weighted by atomic mass is 35.5. The number of nitrogens with zero attached hydrogens (tertiary/aromatic N) is 1. The van der Waals surface area contributed by atoms with Gasteiger partial charge in [-0.2, -0.15) is 0 Å². The molecular formula is C16H25Cl2FN2. The van der Waals surface area contributed by atoms with Crippen LogP contribution in [-0.4, -0.2) is 31.1 Å². The highest BCUT2D eigenvalue weighted by Gasteiger charge is 2.24. The number of hydrogen-bond acceptors (Lipinski definition) is 2. The fourth-order valence-electron chi connectivity index (χ4n) is 2.74. The molecule has 0 spiro atoms. The van der Waals surface area contributed by atoms with Crippen molar-refractivity contribution in [2.24, 2.45) is 0 Å². The van der Waals surface area contributed by atoms with E-state index >= 15 is 0 Å². The fourth-order valence-corrected chi connectivity index (χ4v) is 2.74. The lowest BCUT2D eigenvalue weighted by Gasteiger charge is -2.36. The van der Waals surface area contributed by atoms with Gasteiger partial charge in [0, 0.05) is 32.2 Å². The van der Waals surface area contributed by atoms with E-state index in [0.717, 1.165) is 49.3 Å². The summed E-state index contributed by atoms with van der Waals surface area (Å²) in [5, 5.41) is 3.36. The monoisotopic (exact) mass is 334 g/mol. The van der Waals surface area contributed by atoms with Gasteiger partial charge in [-0.15, -0.1) is 31.4 Å². The molecule has 1 aliphatic heterocycles. The van der Waals surface area contributed by atoms with Gasteiger partial charge < -0.3 is 5.32 Å². The van der Waals surface area contributed by atoms with Crippen LogP contribution in [0.3, 0.4) is 0 Å². The van der Waals surface area contributed by atoms with Gasteiger partial charge in [-0.3, -0.25) is 4.90 Å². The minimum Gasteiger partial charge on any atom is -0.314 e. The summed E-state index contributed by atoms with van der Waals surface area (Å²) in [6, 6.07) is 5.64. The molecule has 1 aliphatic rings. The largest absolute Gasteiger partial charge is 0.314 e. The SMILES string of the molecule is C=C(C)C[C@@H](c1cccc(F)c1C)N1CCNCC1.Cl.Cl. The highest BCUT2D eigenvalue weighted by Crippen LogP contribution is 2.30. The van der Waals surface area contributed by atoms with E-state index < -0.39 is 0 Å². The van der Waals surface area contributed by atoms with E-state index in [4.69, 9.17) is 0 Å². The lowest BCUT2D eigenvalue weighted by atomic mass is 9.94. The van der Waals surface area contributed by atoms with E-state index in [1.165, 1.54) is 6.07 Å². The Kier molecular flexibility index (Phi) is 9.14. The molecule has 0 amide bonds. The summed E-state index contributed by atoms with van der Waals surface area (Å²) in [4.78, 5) is 2.44. The Bertz CT molecular complexity index is 460. The van der Waals surface area contributed by atoms with Crippen LogP contribution in [0.25, 0.3) is 0 Å². The smallest absolute Gasteiger partial charge is 0.126 e. The number of nitrogens with one attached hydrogen (secondary N) is 1. The van der Waals surface area contributed by atoms with E-state index in [1.807, 2.05) is 26.0 Å². The van der Waals surface area contributed by atoms with Gasteiger partial charge in [0.15, 0.2) is 0 Å². The average Bonchev–Trinajstić information content (AvgIpc) is 2.40. The first-order valence-electron chi connectivity index (χ1n) is 6.93. The maximum atomic E-state index is 13.8. The van der Waals surface area contributed by atoms with Gasteiger partial charge in [-0.1, -0.05) is 17.7 Å². The van der Waals surface area contributed by atoms with Crippen LogP contribution >= 0.6 is 24.8 Å². The number of piperazine rings is 1. The normalized spacial score (nSPS) is 16.5. The van der Waals surface area contributed by atoms with Crippen LogP contribution < -0.4 is 5.32 Å². The van der Waals surface area contributed by atoms with Crippen LogP contribution in [0.4, 0.5) is 4.39 Å². The van der Waals surface area contributed by atoms with Crippen LogP contribution in [0, 0.1) is 12.7 Å². The molecule has 120 valence electrons. The molecule has 21 heavy (non-hydrogen) atoms. The van der Waals surface area contributed by atoms with E-state index in [2.05, 4.69) is 16.8 Å². The predicted octanol–water partition coefficient (Wildman–Crippen LogP) is 3.89. The zero-order valence-corrected chi connectivity index (χ0v) is 14.3. The second kappa shape index (κ2) is 9.42. The van der Waals surface area contributed by atoms with E-state index in [1.54, 1.807) is 0 Å². The van der Waals surface area contributed by atoms with E-state index in [9.17, 15) is 4.39 Å². The Morgan fingerprint density at radius 2 is 1.95 bits per heavy atom. The molecule has 2 nitrogen and oxygen atoms in total. The van der Waals surface area contributed by atoms with Crippen molar-refractivity contribution in [3.63, 3.8) is 0 Å². The molecule has 1 aromatic rings. The number of benzene rings is 1. The second-order valence-electron chi connectivity index (χ2n) is 5.42. The molecular weight excluding hydrogens is 310 g/mol. The Labute approximate surface area is 139 Å². The quantitative estimate of drug-likeness (QED) is 0.840. The summed E-state index contributed by atoms with van der Waals surface area (Å²) in [7, 11) is 0. The van der Waals surface area contributed by atoms with Crippen molar-refractivity contribution in [1.82, 2.24) is 10.2 Å². The fraction of sp³-hybridized carbons (Fsp3) is 0.500. The van der Waals surface area contributed by atoms with Crippen LogP contribution in [0.15, 0.2) is 30.4 Å². The molecule has 0 unspecified atom stereocenters. The zero-order valence-electron chi connectivity index (χ0n) is 12.7. The third kappa shape index (κ3) is 5.26. The topological polar surface area (TPSA) is 15.3 Å². The third-order valence-electron chi connectivity index (χ3n) is 3.80. The van der Waals surface area contributed by atoms with Gasteiger partial charge in [0.05, 0.1) is 0 Å². The number of halogens is 3. The molecule has 1 aromatic carbocycles. The first-order valence-corrected chi connectivity index (χ1v) is 6.93. The molecule has 2 rings (SSSR count). The van der Waals surface area contributed by atoms with Crippen LogP contribution in [0.1, 0.15) is 30.5 Å². The predicted molar refractivity (Wildman–Crippen MR) is 92.2 cm³/mol. The third-order valence-corrected chi connectivity index (χ3v) is 3.80. The zero-order chi connectivity index (χ0) is 13.8. The molecule has 1 fully saturated rings. The highest BCUT2D eigenvalue weighted by molar-refractivity contribution is 5.85. The van der Waals surface area contributed by atoms with E-state index in [0.29, 0.717) is 0 Å². The van der Waals surface area contributed by atoms with Crippen LogP contribution in [-0.2, 0) is 0 Å². The Hall–Kier alpha value is -0.610. The summed E-state index contributed by atoms with van der Waals surface area (Å²) in [6.45, 7) is 12.0. The summed E-state index contributed by atoms with van der Waals surface area (Å²) in [5.74, 6) is -0.112. The molecule has 1 heterocycles. The Balaban J connectivity index is 0.00000200. The van der Waals surface area contributed by atoms with Crippen molar-refractivity contribution < 1.29 is 4.39 Å². The average molecular weight is 335 g/mol. The minimum atomic E-state index is -0.112. The Morgan fingerprint density at radius 1 is 1.33 bits per heavy atom. The number of rotatable bonds is 4. The summed E-state index contributed by atoms with van der Waals surface area (Å²) in [6.07, 6.45) is 0.893. The maximum Gasteiger partial charge on any atom is 0.126 e. The van der Waals surface area contributed by atoms with Crippen molar-refractivity contribution in [3.8, 4) is 0 Å². The first kappa shape index (κ1) is 20.4. The number of hydrogen-bond donors (Lipinski definition) is 1. The first-order chi connectivity index (χ1) is 9.09. The minimum absolute atomic E-state index is 0. The van der Waals surface area contributed by atoms with Gasteiger partial charge in [0.1, 0.15) is 5.82 Å². The van der Waals surface area contributed by atoms with Gasteiger partial charge in [-0.25, -0.2) is 4.39 Å². The molecule has 0 radical (unpaired) electrons. The summed E-state index contributed by atoms with van der Waals surface area (Å²) >= 11 is 0. The molecule has 0 aliphatic carbocycles. The summed E-state index contributed by atoms with van der Waals surface area (Å²) in [5.41, 5.74) is 3.02. The van der Waals surface area contributed by atoms with Gasteiger partial charge in [-0.05, 0) is 37.5 Å². The van der Waals surface area contributed by atoms with Crippen molar-refractivity contribution in [3.05, 3.63) is 47.3 Å². The molecule has 0 saturated carbocycles. The van der Waals surface area contributed by atoms with Crippen molar-refractivity contribution >= 4 is 24.8 Å². The van der Waals surface area contributed by atoms with Crippen LogP contribution in [0.5, 0.6) is 0 Å². The van der Waals surface area contributed by atoms with Crippen molar-refractivity contribution in [2.45, 2.75) is 26.3 Å². The van der Waals surface area contributed by atoms with Gasteiger partial charge in [0.25, 0.3) is 0 Å². The second-order valence-corrected chi connectivity index (χ2v) is 5.42. The lowest BCUT2D eigenvalue weighted by molar-refractivity contribution is 0.171. The van der Waals surface area contributed by atoms with Crippen molar-refractivity contribution in [1.29, 1.82) is 0 Å². The van der Waals surface area contributed by atoms with Gasteiger partial charge in [0.2, 0.25) is 0 Å². The molecule has 1 atom stereocenters. The molecule has 1 N–H and O–H groups in total. The Morgan fingerprint density at radius 3 is 2.52 bits per heavy atom. The lowest BCUT2D eigenvalue weighted by Crippen LogP contribution is -2.45. The molecule has 0 bridgehead atoms. The maximum absolute atomic E-state index is 13.8. The van der Waals surface area contributed by atoms with E-state index in [-0.39, 0.29) is 36.7 Å². The van der Waals surface area contributed by atoms with Crippen molar-refractivity contribution in [2.75, 3.05) is 26.2 Å². The van der Waals surface area contributed by atoms with Gasteiger partial charge >= 0.3 is 0 Å².